The van der Waals surface area contributed by atoms with Crippen LogP contribution in [0.3, 0.4) is 0 Å². The zero-order chi connectivity index (χ0) is 24.8. The van der Waals surface area contributed by atoms with E-state index in [9.17, 15) is 4.79 Å². The zero-order valence-corrected chi connectivity index (χ0v) is 22.1. The largest absolute Gasteiger partial charge is 0.497 e. The van der Waals surface area contributed by atoms with E-state index in [4.69, 9.17) is 4.74 Å². The minimum Gasteiger partial charge on any atom is -0.497 e. The van der Waals surface area contributed by atoms with Crippen molar-refractivity contribution in [2.24, 2.45) is 17.8 Å². The van der Waals surface area contributed by atoms with Crippen LogP contribution in [0.15, 0.2) is 48.5 Å². The number of rotatable bonds is 10. The SMILES string of the molecule is COc1cccc([C@H]2CN(Cc3ccc(N(C)C)cc3)C[C@H]2CN(CC(C)C)C(=O)C(C)C)c1. The first-order valence-corrected chi connectivity index (χ1v) is 12.6. The molecule has 3 rings (SSSR count). The van der Waals surface area contributed by atoms with Crippen molar-refractivity contribution in [2.75, 3.05) is 52.3 Å². The molecular weight excluding hydrogens is 422 g/mol. The highest BCUT2D eigenvalue weighted by Crippen LogP contribution is 2.36. The fourth-order valence-corrected chi connectivity index (χ4v) is 5.03. The second-order valence-electron chi connectivity index (χ2n) is 10.7. The molecule has 2 atom stereocenters. The summed E-state index contributed by atoms with van der Waals surface area (Å²) >= 11 is 0. The maximum Gasteiger partial charge on any atom is 0.225 e. The summed E-state index contributed by atoms with van der Waals surface area (Å²) in [5, 5.41) is 0. The van der Waals surface area contributed by atoms with E-state index in [0.29, 0.717) is 17.8 Å². The van der Waals surface area contributed by atoms with Crippen molar-refractivity contribution in [3.05, 3.63) is 59.7 Å². The molecule has 2 aromatic carbocycles. The fourth-order valence-electron chi connectivity index (χ4n) is 5.03. The van der Waals surface area contributed by atoms with Gasteiger partial charge in [0.1, 0.15) is 5.75 Å². The molecule has 5 heteroatoms. The number of hydrogen-bond acceptors (Lipinski definition) is 4. The van der Waals surface area contributed by atoms with Crippen LogP contribution >= 0.6 is 0 Å². The van der Waals surface area contributed by atoms with Crippen LogP contribution in [0.25, 0.3) is 0 Å². The number of carbonyl (C=O) groups is 1. The van der Waals surface area contributed by atoms with Gasteiger partial charge in [-0.1, -0.05) is 52.0 Å². The molecule has 1 amide bonds. The molecule has 0 saturated carbocycles. The van der Waals surface area contributed by atoms with Gasteiger partial charge in [0.15, 0.2) is 0 Å². The molecule has 0 aliphatic carbocycles. The Bertz CT molecular complexity index is 923. The van der Waals surface area contributed by atoms with E-state index in [2.05, 4.69) is 85.1 Å². The maximum atomic E-state index is 13.1. The Labute approximate surface area is 206 Å². The molecule has 2 aromatic rings. The van der Waals surface area contributed by atoms with Gasteiger partial charge in [0.2, 0.25) is 5.91 Å². The highest BCUT2D eigenvalue weighted by atomic mass is 16.5. The van der Waals surface area contributed by atoms with Gasteiger partial charge in [-0.25, -0.2) is 0 Å². The van der Waals surface area contributed by atoms with Gasteiger partial charge in [0.05, 0.1) is 7.11 Å². The van der Waals surface area contributed by atoms with Gasteiger partial charge in [-0.3, -0.25) is 9.69 Å². The fraction of sp³-hybridized carbons (Fsp3) is 0.552. The van der Waals surface area contributed by atoms with Crippen molar-refractivity contribution >= 4 is 11.6 Å². The third-order valence-electron chi connectivity index (χ3n) is 6.74. The van der Waals surface area contributed by atoms with Gasteiger partial charge < -0.3 is 14.5 Å². The minimum absolute atomic E-state index is 0.0155. The van der Waals surface area contributed by atoms with Crippen molar-refractivity contribution in [3.63, 3.8) is 0 Å². The third-order valence-corrected chi connectivity index (χ3v) is 6.74. The first-order chi connectivity index (χ1) is 16.2. The molecule has 34 heavy (non-hydrogen) atoms. The van der Waals surface area contributed by atoms with Gasteiger partial charge in [0.25, 0.3) is 0 Å². The van der Waals surface area contributed by atoms with Crippen molar-refractivity contribution in [1.29, 1.82) is 0 Å². The summed E-state index contributed by atoms with van der Waals surface area (Å²) in [5.41, 5.74) is 3.85. The van der Waals surface area contributed by atoms with Crippen molar-refractivity contribution in [1.82, 2.24) is 9.80 Å². The molecule has 1 fully saturated rings. The van der Waals surface area contributed by atoms with E-state index < -0.39 is 0 Å². The Morgan fingerprint density at radius 2 is 1.76 bits per heavy atom. The van der Waals surface area contributed by atoms with Crippen LogP contribution in [0.4, 0.5) is 5.69 Å². The Morgan fingerprint density at radius 3 is 2.35 bits per heavy atom. The van der Waals surface area contributed by atoms with Crippen LogP contribution in [0.5, 0.6) is 5.75 Å². The van der Waals surface area contributed by atoms with Crippen LogP contribution in [0.1, 0.15) is 44.7 Å². The summed E-state index contributed by atoms with van der Waals surface area (Å²) in [4.78, 5) is 19.8. The number of amides is 1. The smallest absolute Gasteiger partial charge is 0.225 e. The quantitative estimate of drug-likeness (QED) is 0.488. The topological polar surface area (TPSA) is 36.0 Å². The average Bonchev–Trinajstić information content (AvgIpc) is 3.20. The number of nitrogens with zero attached hydrogens (tertiary/aromatic N) is 3. The van der Waals surface area contributed by atoms with E-state index in [-0.39, 0.29) is 11.8 Å². The van der Waals surface area contributed by atoms with Crippen molar-refractivity contribution in [3.8, 4) is 5.75 Å². The third kappa shape index (κ3) is 6.75. The Morgan fingerprint density at radius 1 is 1.06 bits per heavy atom. The minimum atomic E-state index is 0.0155. The summed E-state index contributed by atoms with van der Waals surface area (Å²) < 4.78 is 5.52. The number of anilines is 1. The monoisotopic (exact) mass is 465 g/mol. The van der Waals surface area contributed by atoms with Crippen LogP contribution in [-0.4, -0.2) is 63.1 Å². The first kappa shape index (κ1) is 26.1. The molecule has 1 aliphatic rings. The number of carbonyl (C=O) groups excluding carboxylic acids is 1. The molecule has 0 bridgehead atoms. The molecule has 1 aliphatic heterocycles. The molecular formula is C29H43N3O2. The molecule has 0 spiro atoms. The molecule has 1 heterocycles. The maximum absolute atomic E-state index is 13.1. The van der Waals surface area contributed by atoms with Gasteiger partial charge >= 0.3 is 0 Å². The highest BCUT2D eigenvalue weighted by Gasteiger charge is 2.36. The summed E-state index contributed by atoms with van der Waals surface area (Å²) in [6.45, 7) is 12.9. The number of ether oxygens (including phenoxy) is 1. The zero-order valence-electron chi connectivity index (χ0n) is 22.1. The standard InChI is InChI=1S/C29H43N3O2/c1-21(2)16-32(29(33)22(3)4)19-25-18-31(17-23-11-13-26(14-12-23)30(5)6)20-28(25)24-9-8-10-27(15-24)34-7/h8-15,21-22,25,28H,16-20H2,1-7H3/t25-,28+/m0/s1. The predicted octanol–water partition coefficient (Wildman–Crippen LogP) is 5.12. The molecule has 0 radical (unpaired) electrons. The van der Waals surface area contributed by atoms with E-state index in [1.165, 1.54) is 16.8 Å². The second kappa shape index (κ2) is 11.7. The summed E-state index contributed by atoms with van der Waals surface area (Å²) in [6, 6.07) is 17.3. The lowest BCUT2D eigenvalue weighted by atomic mass is 9.88. The number of methoxy groups -OCH3 is 1. The van der Waals surface area contributed by atoms with Gasteiger partial charge in [0, 0.05) is 64.3 Å². The van der Waals surface area contributed by atoms with Crippen molar-refractivity contribution < 1.29 is 9.53 Å². The second-order valence-corrected chi connectivity index (χ2v) is 10.7. The van der Waals surface area contributed by atoms with Crippen molar-refractivity contribution in [2.45, 2.75) is 40.2 Å². The van der Waals surface area contributed by atoms with E-state index in [1.807, 2.05) is 19.9 Å². The van der Waals surface area contributed by atoms with Gasteiger partial charge in [-0.05, 0) is 47.2 Å². The van der Waals surface area contributed by atoms with E-state index in [1.54, 1.807) is 7.11 Å². The highest BCUT2D eigenvalue weighted by molar-refractivity contribution is 5.78. The van der Waals surface area contributed by atoms with Gasteiger partial charge in [-0.15, -0.1) is 0 Å². The summed E-state index contributed by atoms with van der Waals surface area (Å²) in [6.07, 6.45) is 0. The van der Waals surface area contributed by atoms with Crippen LogP contribution in [0, 0.1) is 17.8 Å². The normalized spacial score (nSPS) is 18.5. The number of likely N-dealkylation sites (tertiary alicyclic amines) is 1. The average molecular weight is 466 g/mol. The predicted molar refractivity (Wildman–Crippen MR) is 142 cm³/mol. The molecule has 0 N–H and O–H groups in total. The lowest BCUT2D eigenvalue weighted by Gasteiger charge is -2.31. The Kier molecular flexibility index (Phi) is 9.01. The Hall–Kier alpha value is -2.53. The molecule has 186 valence electrons. The number of benzene rings is 2. The van der Waals surface area contributed by atoms with Crippen LogP contribution in [0.2, 0.25) is 0 Å². The molecule has 5 nitrogen and oxygen atoms in total. The lowest BCUT2D eigenvalue weighted by molar-refractivity contribution is -0.135. The van der Waals surface area contributed by atoms with E-state index in [0.717, 1.165) is 38.5 Å². The van der Waals surface area contributed by atoms with Crippen LogP contribution in [-0.2, 0) is 11.3 Å². The summed E-state index contributed by atoms with van der Waals surface area (Å²) in [5.74, 6) is 2.37. The Balaban J connectivity index is 1.83. The van der Waals surface area contributed by atoms with Crippen LogP contribution < -0.4 is 9.64 Å². The molecule has 0 unspecified atom stereocenters. The molecule has 0 aromatic heterocycles. The summed E-state index contributed by atoms with van der Waals surface area (Å²) in [7, 11) is 5.86. The van der Waals surface area contributed by atoms with Gasteiger partial charge in [-0.2, -0.15) is 0 Å². The lowest BCUT2D eigenvalue weighted by Crippen LogP contribution is -2.41. The van der Waals surface area contributed by atoms with E-state index >= 15 is 0 Å². The first-order valence-electron chi connectivity index (χ1n) is 12.6. The molecule has 1 saturated heterocycles. The number of hydrogen-bond donors (Lipinski definition) is 0.